The van der Waals surface area contributed by atoms with Crippen molar-refractivity contribution in [2.75, 3.05) is 5.32 Å². The molecule has 0 aliphatic carbocycles. The predicted molar refractivity (Wildman–Crippen MR) is 135 cm³/mol. The van der Waals surface area contributed by atoms with Gasteiger partial charge in [-0.05, 0) is 34.9 Å². The maximum atomic E-state index is 13.2. The molecule has 4 rings (SSSR count). The van der Waals surface area contributed by atoms with Gasteiger partial charge >= 0.3 is 6.03 Å². The quantitative estimate of drug-likeness (QED) is 0.461. The van der Waals surface area contributed by atoms with Gasteiger partial charge in [0, 0.05) is 11.5 Å². The van der Waals surface area contributed by atoms with E-state index in [-0.39, 0.29) is 0 Å². The lowest BCUT2D eigenvalue weighted by Crippen LogP contribution is -2.37. The fourth-order valence-electron chi connectivity index (χ4n) is 3.66. The molecular weight excluding hydrogens is 415 g/mol. The van der Waals surface area contributed by atoms with Crippen molar-refractivity contribution in [2.24, 2.45) is 0 Å². The molecule has 0 radical (unpaired) electrons. The largest absolute Gasteiger partial charge is 0.326 e. The van der Waals surface area contributed by atoms with Crippen LogP contribution in [0.25, 0.3) is 0 Å². The number of rotatable bonds is 5. The summed E-state index contributed by atoms with van der Waals surface area (Å²) in [5.74, 6) is 1.25. The predicted octanol–water partition coefficient (Wildman–Crippen LogP) is 4.13. The maximum Gasteiger partial charge on any atom is 0.326 e. The van der Waals surface area contributed by atoms with Crippen LogP contribution in [-0.4, -0.2) is 17.7 Å². The van der Waals surface area contributed by atoms with E-state index in [1.807, 2.05) is 109 Å². The molecule has 0 spiro atoms. The van der Waals surface area contributed by atoms with Gasteiger partial charge in [0.1, 0.15) is 0 Å². The van der Waals surface area contributed by atoms with E-state index in [4.69, 9.17) is 0 Å². The van der Waals surface area contributed by atoms with E-state index in [1.165, 1.54) is 0 Å². The summed E-state index contributed by atoms with van der Waals surface area (Å²) in [6.07, 6.45) is 0. The molecule has 0 aromatic heterocycles. The topological polar surface area (TPSA) is 58.2 Å². The number of anilines is 1. The SMILES string of the molecule is O=C(C=P(c1ccccc1)(c1ccccc1)c1ccccc1)NC(=O)Nc1ccccc1. The van der Waals surface area contributed by atoms with Gasteiger partial charge in [0.25, 0.3) is 5.91 Å². The van der Waals surface area contributed by atoms with Crippen molar-refractivity contribution >= 4 is 46.2 Å². The molecule has 0 fully saturated rings. The second-order valence-electron chi connectivity index (χ2n) is 7.17. The third-order valence-electron chi connectivity index (χ3n) is 5.07. The number of amides is 3. The summed E-state index contributed by atoms with van der Waals surface area (Å²) in [5, 5.41) is 8.29. The number of hydrogen-bond acceptors (Lipinski definition) is 2. The number of para-hydroxylation sites is 1. The van der Waals surface area contributed by atoms with Gasteiger partial charge in [-0.2, -0.15) is 0 Å². The molecule has 4 nitrogen and oxygen atoms in total. The molecule has 0 saturated carbocycles. The molecule has 0 saturated heterocycles. The van der Waals surface area contributed by atoms with Crippen LogP contribution in [0.4, 0.5) is 10.5 Å². The molecule has 0 bridgehead atoms. The number of imide groups is 1. The summed E-state index contributed by atoms with van der Waals surface area (Å²) in [6.45, 7) is -2.47. The molecule has 0 aliphatic heterocycles. The molecule has 4 aromatic rings. The van der Waals surface area contributed by atoms with Crippen molar-refractivity contribution in [3.63, 3.8) is 0 Å². The first-order valence-electron chi connectivity index (χ1n) is 10.3. The molecule has 4 aromatic carbocycles. The first-order valence-corrected chi connectivity index (χ1v) is 12.1. The average Bonchev–Trinajstić information content (AvgIpc) is 2.85. The van der Waals surface area contributed by atoms with Crippen LogP contribution < -0.4 is 26.5 Å². The van der Waals surface area contributed by atoms with Crippen LogP contribution in [0.3, 0.4) is 0 Å². The van der Waals surface area contributed by atoms with Crippen molar-refractivity contribution in [1.29, 1.82) is 0 Å². The van der Waals surface area contributed by atoms with Crippen LogP contribution in [0.1, 0.15) is 0 Å². The third kappa shape index (κ3) is 4.72. The van der Waals surface area contributed by atoms with Gasteiger partial charge in [-0.1, -0.05) is 109 Å². The minimum Gasteiger partial charge on any atom is -0.308 e. The molecule has 3 amide bonds. The van der Waals surface area contributed by atoms with Crippen LogP contribution in [0, 0.1) is 0 Å². The van der Waals surface area contributed by atoms with Gasteiger partial charge in [-0.25, -0.2) is 4.79 Å². The Bertz CT molecular complexity index is 1140. The molecule has 0 atom stereocenters. The van der Waals surface area contributed by atoms with E-state index in [9.17, 15) is 9.59 Å². The third-order valence-corrected chi connectivity index (χ3v) is 9.03. The highest BCUT2D eigenvalue weighted by Crippen LogP contribution is 2.43. The molecule has 0 aliphatic rings. The smallest absolute Gasteiger partial charge is 0.308 e. The lowest BCUT2D eigenvalue weighted by atomic mass is 10.3. The summed E-state index contributed by atoms with van der Waals surface area (Å²) in [7, 11) is 0. The lowest BCUT2D eigenvalue weighted by molar-refractivity contribution is -0.113. The Kier molecular flexibility index (Phi) is 6.64. The van der Waals surface area contributed by atoms with E-state index < -0.39 is 18.8 Å². The summed E-state index contributed by atoms with van der Waals surface area (Å²) >= 11 is 0. The van der Waals surface area contributed by atoms with E-state index in [2.05, 4.69) is 10.6 Å². The Balaban J connectivity index is 1.81. The Morgan fingerprint density at radius 1 is 0.562 bits per heavy atom. The summed E-state index contributed by atoms with van der Waals surface area (Å²) in [4.78, 5) is 25.6. The van der Waals surface area contributed by atoms with Gasteiger partial charge in [-0.15, -0.1) is 0 Å². The molecule has 32 heavy (non-hydrogen) atoms. The number of urea groups is 1. The molecular formula is C27H23N2O2P. The Morgan fingerprint density at radius 3 is 1.34 bits per heavy atom. The summed E-state index contributed by atoms with van der Waals surface area (Å²) < 4.78 is 0. The first-order chi connectivity index (χ1) is 15.7. The van der Waals surface area contributed by atoms with E-state index in [1.54, 1.807) is 17.9 Å². The van der Waals surface area contributed by atoms with Gasteiger partial charge < -0.3 is 5.32 Å². The van der Waals surface area contributed by atoms with Crippen LogP contribution in [-0.2, 0) is 4.79 Å². The molecule has 0 unspecified atom stereocenters. The fourth-order valence-corrected chi connectivity index (χ4v) is 7.35. The number of carbonyl (C=O) groups is 2. The molecule has 158 valence electrons. The zero-order chi connectivity index (χ0) is 22.2. The fraction of sp³-hybridized carbons (Fsp3) is 0. The van der Waals surface area contributed by atoms with Crippen LogP contribution in [0.2, 0.25) is 0 Å². The highest BCUT2D eigenvalue weighted by Gasteiger charge is 2.26. The lowest BCUT2D eigenvalue weighted by Gasteiger charge is -2.28. The van der Waals surface area contributed by atoms with Crippen molar-refractivity contribution in [1.82, 2.24) is 5.32 Å². The van der Waals surface area contributed by atoms with Gasteiger partial charge in [0.2, 0.25) is 0 Å². The average molecular weight is 438 g/mol. The number of benzene rings is 4. The standard InChI is InChI=1S/C27H23N2O2P/c30-26(29-27(31)28-22-13-5-1-6-14-22)21-32(23-15-7-2-8-16-23,24-17-9-3-10-18-24)25-19-11-4-12-20-25/h1-21H,(H2,28,29,30,31). The zero-order valence-electron chi connectivity index (χ0n) is 17.4. The van der Waals surface area contributed by atoms with Crippen molar-refractivity contribution in [2.45, 2.75) is 0 Å². The monoisotopic (exact) mass is 438 g/mol. The maximum absolute atomic E-state index is 13.2. The Hall–Kier alpha value is -3.88. The van der Waals surface area contributed by atoms with Gasteiger partial charge in [0.15, 0.2) is 0 Å². The Morgan fingerprint density at radius 2 is 0.938 bits per heavy atom. The van der Waals surface area contributed by atoms with E-state index in [0.29, 0.717) is 5.69 Å². The summed E-state index contributed by atoms with van der Waals surface area (Å²) in [5.41, 5.74) is 0.619. The molecule has 5 heteroatoms. The molecule has 2 N–H and O–H groups in total. The highest BCUT2D eigenvalue weighted by molar-refractivity contribution is 7.95. The first kappa shape index (κ1) is 21.4. The Labute approximate surface area is 187 Å². The zero-order valence-corrected chi connectivity index (χ0v) is 18.3. The van der Waals surface area contributed by atoms with Crippen molar-refractivity contribution < 1.29 is 9.59 Å². The van der Waals surface area contributed by atoms with Crippen molar-refractivity contribution in [3.8, 4) is 0 Å². The van der Waals surface area contributed by atoms with E-state index >= 15 is 0 Å². The van der Waals surface area contributed by atoms with Crippen LogP contribution in [0.15, 0.2) is 121 Å². The van der Waals surface area contributed by atoms with Crippen LogP contribution in [0.5, 0.6) is 0 Å². The second kappa shape index (κ2) is 9.95. The van der Waals surface area contributed by atoms with Gasteiger partial charge in [0.05, 0.1) is 0 Å². The summed E-state index contributed by atoms with van der Waals surface area (Å²) in [6, 6.07) is 38.5. The normalized spacial score (nSPS) is 10.8. The highest BCUT2D eigenvalue weighted by atomic mass is 31.2. The second-order valence-corrected chi connectivity index (χ2v) is 10.4. The van der Waals surface area contributed by atoms with Gasteiger partial charge in [-0.3, -0.25) is 10.1 Å². The minimum absolute atomic E-state index is 0.441. The minimum atomic E-state index is -2.47. The van der Waals surface area contributed by atoms with Crippen molar-refractivity contribution in [3.05, 3.63) is 121 Å². The number of carbonyl (C=O) groups excluding carboxylic acids is 2. The number of nitrogens with one attached hydrogen (secondary N) is 2. The van der Waals surface area contributed by atoms with E-state index in [0.717, 1.165) is 15.9 Å². The van der Waals surface area contributed by atoms with Crippen LogP contribution >= 0.6 is 6.89 Å². The number of hydrogen-bond donors (Lipinski definition) is 2. The molecule has 0 heterocycles.